The van der Waals surface area contributed by atoms with E-state index in [4.69, 9.17) is 10.5 Å². The summed E-state index contributed by atoms with van der Waals surface area (Å²) in [5.41, 5.74) is 6.15. The number of nitrogens with two attached hydrogens (primary N) is 1. The van der Waals surface area contributed by atoms with Crippen molar-refractivity contribution in [3.05, 3.63) is 29.3 Å². The number of amides is 3. The lowest BCUT2D eigenvalue weighted by Gasteiger charge is -2.23. The molecule has 10 heteroatoms. The Bertz CT molecular complexity index is 956. The number of ether oxygens (including phenoxy) is 2. The molecule has 3 amide bonds. The number of nitrogens with zero attached hydrogens (tertiary/aromatic N) is 1. The molecule has 1 heterocycles. The van der Waals surface area contributed by atoms with E-state index < -0.39 is 29.7 Å². The lowest BCUT2D eigenvalue weighted by atomic mass is 9.98. The van der Waals surface area contributed by atoms with Crippen LogP contribution in [0.3, 0.4) is 0 Å². The Morgan fingerprint density at radius 2 is 1.82 bits per heavy atom. The van der Waals surface area contributed by atoms with E-state index in [0.717, 1.165) is 30.6 Å². The third-order valence-corrected chi connectivity index (χ3v) is 6.16. The summed E-state index contributed by atoms with van der Waals surface area (Å²) < 4.78 is 10.1. The second-order valence-corrected chi connectivity index (χ2v) is 8.52. The van der Waals surface area contributed by atoms with Crippen molar-refractivity contribution < 1.29 is 33.4 Å². The highest BCUT2D eigenvalue weighted by Crippen LogP contribution is 2.31. The fourth-order valence-corrected chi connectivity index (χ4v) is 4.37. The van der Waals surface area contributed by atoms with Gasteiger partial charge in [0.1, 0.15) is 12.1 Å². The number of rotatable bonds is 11. The average Bonchev–Trinajstić information content (AvgIpc) is 3.08. The maximum Gasteiger partial charge on any atom is 0.306 e. The predicted octanol–water partition coefficient (Wildman–Crippen LogP) is 2.16. The number of carbonyl (C=O) groups is 5. The summed E-state index contributed by atoms with van der Waals surface area (Å²) >= 11 is 0. The van der Waals surface area contributed by atoms with E-state index in [1.165, 1.54) is 19.6 Å². The van der Waals surface area contributed by atoms with Gasteiger partial charge in [-0.15, -0.1) is 0 Å². The quantitative estimate of drug-likeness (QED) is 0.282. The summed E-state index contributed by atoms with van der Waals surface area (Å²) in [6.45, 7) is 0.388. The monoisotopic (exact) mass is 473 g/mol. The highest BCUT2D eigenvalue weighted by molar-refractivity contribution is 6.25. The molecular formula is C24H31N3O7. The normalized spacial score (nSPS) is 16.7. The number of hydrogen-bond donors (Lipinski definition) is 2. The van der Waals surface area contributed by atoms with E-state index in [9.17, 15) is 24.0 Å². The molecule has 1 aromatic carbocycles. The number of carbonyl (C=O) groups excluding carboxylic acids is 5. The third-order valence-electron chi connectivity index (χ3n) is 6.16. The Kier molecular flexibility index (Phi) is 8.61. The van der Waals surface area contributed by atoms with E-state index in [1.54, 1.807) is 12.1 Å². The van der Waals surface area contributed by atoms with Gasteiger partial charge in [-0.05, 0) is 50.7 Å². The summed E-state index contributed by atoms with van der Waals surface area (Å²) in [7, 11) is 1.21. The fraction of sp³-hybridized carbons (Fsp3) is 0.542. The van der Waals surface area contributed by atoms with Crippen LogP contribution in [0.4, 0.5) is 5.69 Å². The van der Waals surface area contributed by atoms with Crippen LogP contribution < -0.4 is 11.1 Å². The number of methoxy groups -OCH3 is 1. The fourth-order valence-electron chi connectivity index (χ4n) is 4.37. The van der Waals surface area contributed by atoms with Crippen molar-refractivity contribution in [1.29, 1.82) is 0 Å². The van der Waals surface area contributed by atoms with Crippen molar-refractivity contribution in [2.45, 2.75) is 69.9 Å². The van der Waals surface area contributed by atoms with E-state index in [0.29, 0.717) is 18.7 Å². The molecule has 0 saturated heterocycles. The van der Waals surface area contributed by atoms with Gasteiger partial charge < -0.3 is 20.5 Å². The third kappa shape index (κ3) is 5.92. The molecule has 1 fully saturated rings. The van der Waals surface area contributed by atoms with Crippen molar-refractivity contribution in [3.8, 4) is 0 Å². The zero-order valence-electron chi connectivity index (χ0n) is 19.3. The van der Waals surface area contributed by atoms with Gasteiger partial charge in [0, 0.05) is 25.1 Å². The SMILES string of the molecule is COC(=O)CCC(C(N)=O)N1C(=O)c2cccc(NCCCC(=O)OC3CCCCC3)c2C1=O. The number of nitrogens with one attached hydrogen (secondary N) is 1. The Morgan fingerprint density at radius 1 is 1.09 bits per heavy atom. The molecule has 3 N–H and O–H groups in total. The molecule has 0 spiro atoms. The molecule has 1 aliphatic carbocycles. The Hall–Kier alpha value is -3.43. The van der Waals surface area contributed by atoms with Gasteiger partial charge in [-0.1, -0.05) is 12.5 Å². The molecule has 0 bridgehead atoms. The maximum absolute atomic E-state index is 13.1. The lowest BCUT2D eigenvalue weighted by Crippen LogP contribution is -2.48. The molecule has 1 aliphatic heterocycles. The largest absolute Gasteiger partial charge is 0.469 e. The van der Waals surface area contributed by atoms with Gasteiger partial charge in [0.15, 0.2) is 0 Å². The van der Waals surface area contributed by atoms with E-state index >= 15 is 0 Å². The molecule has 1 atom stereocenters. The average molecular weight is 474 g/mol. The van der Waals surface area contributed by atoms with Crippen molar-refractivity contribution in [2.75, 3.05) is 19.0 Å². The maximum atomic E-state index is 13.1. The van der Waals surface area contributed by atoms with Crippen LogP contribution in [0.2, 0.25) is 0 Å². The first-order valence-corrected chi connectivity index (χ1v) is 11.6. The van der Waals surface area contributed by atoms with Crippen molar-refractivity contribution in [2.24, 2.45) is 5.73 Å². The van der Waals surface area contributed by atoms with Gasteiger partial charge in [-0.25, -0.2) is 0 Å². The second-order valence-electron chi connectivity index (χ2n) is 8.52. The van der Waals surface area contributed by atoms with Gasteiger partial charge in [0.2, 0.25) is 5.91 Å². The van der Waals surface area contributed by atoms with Crippen LogP contribution in [0.1, 0.15) is 78.5 Å². The molecule has 184 valence electrons. The summed E-state index contributed by atoms with van der Waals surface area (Å²) in [5, 5.41) is 3.11. The van der Waals surface area contributed by atoms with E-state index in [1.807, 2.05) is 0 Å². The predicted molar refractivity (Wildman–Crippen MR) is 122 cm³/mol. The Labute approximate surface area is 198 Å². The number of benzene rings is 1. The minimum atomic E-state index is -1.27. The number of anilines is 1. The Balaban J connectivity index is 1.60. The molecular weight excluding hydrogens is 442 g/mol. The minimum Gasteiger partial charge on any atom is -0.469 e. The zero-order chi connectivity index (χ0) is 24.7. The molecule has 0 radical (unpaired) electrons. The van der Waals surface area contributed by atoms with Crippen LogP contribution in [0.15, 0.2) is 18.2 Å². The molecule has 2 aliphatic rings. The summed E-state index contributed by atoms with van der Waals surface area (Å²) in [6.07, 6.45) is 5.64. The molecule has 10 nitrogen and oxygen atoms in total. The zero-order valence-corrected chi connectivity index (χ0v) is 19.3. The van der Waals surface area contributed by atoms with Crippen LogP contribution in [0, 0.1) is 0 Å². The van der Waals surface area contributed by atoms with Crippen molar-refractivity contribution >= 4 is 35.3 Å². The van der Waals surface area contributed by atoms with Crippen LogP contribution in [-0.2, 0) is 23.9 Å². The van der Waals surface area contributed by atoms with Crippen molar-refractivity contribution in [3.63, 3.8) is 0 Å². The minimum absolute atomic E-state index is 0.0126. The van der Waals surface area contributed by atoms with Gasteiger partial charge >= 0.3 is 11.9 Å². The molecule has 1 unspecified atom stereocenters. The molecule has 34 heavy (non-hydrogen) atoms. The number of primary amides is 1. The number of imide groups is 1. The van der Waals surface area contributed by atoms with Crippen LogP contribution in [0.25, 0.3) is 0 Å². The van der Waals surface area contributed by atoms with Crippen LogP contribution in [-0.4, -0.2) is 60.4 Å². The van der Waals surface area contributed by atoms with E-state index in [2.05, 4.69) is 10.1 Å². The van der Waals surface area contributed by atoms with Crippen LogP contribution in [0.5, 0.6) is 0 Å². The molecule has 3 rings (SSSR count). The topological polar surface area (TPSA) is 145 Å². The first-order valence-electron chi connectivity index (χ1n) is 11.6. The van der Waals surface area contributed by atoms with Gasteiger partial charge in [0.25, 0.3) is 11.8 Å². The van der Waals surface area contributed by atoms with Gasteiger partial charge in [-0.3, -0.25) is 28.9 Å². The van der Waals surface area contributed by atoms with Gasteiger partial charge in [0.05, 0.1) is 18.2 Å². The highest BCUT2D eigenvalue weighted by Gasteiger charge is 2.43. The molecule has 0 aromatic heterocycles. The second kappa shape index (κ2) is 11.6. The highest BCUT2D eigenvalue weighted by atomic mass is 16.5. The smallest absolute Gasteiger partial charge is 0.306 e. The number of fused-ring (bicyclic) bond motifs is 1. The van der Waals surface area contributed by atoms with E-state index in [-0.39, 0.29) is 42.5 Å². The first-order chi connectivity index (χ1) is 16.3. The standard InChI is InChI=1S/C24H31N3O7/c1-33-19(28)13-12-18(22(25)30)27-23(31)16-9-5-10-17(21(16)24(27)32)26-14-6-11-20(29)34-15-7-3-2-4-8-15/h5,9-10,15,18,26H,2-4,6-8,11-14H2,1H3,(H2,25,30). The summed E-state index contributed by atoms with van der Waals surface area (Å²) in [5.74, 6) is -3.00. The summed E-state index contributed by atoms with van der Waals surface area (Å²) in [6, 6.07) is 3.51. The van der Waals surface area contributed by atoms with Gasteiger partial charge in [-0.2, -0.15) is 0 Å². The number of esters is 2. The molecule has 1 aromatic rings. The lowest BCUT2D eigenvalue weighted by molar-refractivity contribution is -0.150. The molecule has 1 saturated carbocycles. The first kappa shape index (κ1) is 25.2. The van der Waals surface area contributed by atoms with Crippen LogP contribution >= 0.6 is 0 Å². The summed E-state index contributed by atoms with van der Waals surface area (Å²) in [4.78, 5) is 62.4. The van der Waals surface area contributed by atoms with Crippen molar-refractivity contribution in [1.82, 2.24) is 4.90 Å². The number of hydrogen-bond acceptors (Lipinski definition) is 8. The Morgan fingerprint density at radius 3 is 2.50 bits per heavy atom.